The summed E-state index contributed by atoms with van der Waals surface area (Å²) in [7, 11) is 0. The highest BCUT2D eigenvalue weighted by atomic mass is 32.1. The van der Waals surface area contributed by atoms with E-state index in [1.54, 1.807) is 0 Å². The van der Waals surface area contributed by atoms with Crippen molar-refractivity contribution in [2.75, 3.05) is 0 Å². The van der Waals surface area contributed by atoms with Crippen LogP contribution in [0.15, 0.2) is 0 Å². The van der Waals surface area contributed by atoms with E-state index < -0.39 is 11.0 Å². The molecule has 5 atom stereocenters. The normalized spacial score (nSPS) is 21.4. The third kappa shape index (κ3) is 4.19. The summed E-state index contributed by atoms with van der Waals surface area (Å²) in [4.78, 5) is 0. The van der Waals surface area contributed by atoms with E-state index >= 15 is 0 Å². The second kappa shape index (κ2) is 10.2. The van der Waals surface area contributed by atoms with Crippen molar-refractivity contribution < 1.29 is 14.9 Å². The van der Waals surface area contributed by atoms with Crippen LogP contribution in [0.5, 0.6) is 0 Å². The Morgan fingerprint density at radius 2 is 1.16 bits per heavy atom. The summed E-state index contributed by atoms with van der Waals surface area (Å²) in [6.45, 7) is 16.4. The maximum atomic E-state index is 10.9. The number of aliphatic hydroxyl groups is 2. The molecule has 0 aromatic rings. The molecule has 0 amide bonds. The van der Waals surface area contributed by atoms with E-state index in [2.05, 4.69) is 34.6 Å². The lowest BCUT2D eigenvalue weighted by Crippen LogP contribution is -2.68. The molecule has 148 valence electrons. The Labute approximate surface area is 165 Å². The van der Waals surface area contributed by atoms with Crippen LogP contribution in [-0.4, -0.2) is 32.0 Å². The van der Waals surface area contributed by atoms with Crippen LogP contribution in [0.2, 0.25) is 0 Å². The summed E-state index contributed by atoms with van der Waals surface area (Å²) in [6.07, 6.45) is 3.04. The van der Waals surface area contributed by atoms with E-state index in [1.165, 1.54) is 0 Å². The van der Waals surface area contributed by atoms with Crippen molar-refractivity contribution in [2.45, 2.75) is 92.8 Å². The molecule has 0 bridgehead atoms. The molecular weight excluding hydrogens is 352 g/mol. The van der Waals surface area contributed by atoms with Crippen LogP contribution < -0.4 is 0 Å². The van der Waals surface area contributed by atoms with Crippen LogP contribution in [0.3, 0.4) is 0 Å². The third-order valence-corrected chi connectivity index (χ3v) is 6.97. The molecule has 0 saturated heterocycles. The third-order valence-electron chi connectivity index (χ3n) is 6.33. The van der Waals surface area contributed by atoms with E-state index in [9.17, 15) is 10.2 Å². The minimum atomic E-state index is -1.19. The van der Waals surface area contributed by atoms with Gasteiger partial charge in [0.25, 0.3) is 0 Å². The molecule has 0 heterocycles. The first-order chi connectivity index (χ1) is 11.5. The molecule has 0 fully saturated rings. The Hall–Kier alpha value is -0.260. The Kier molecular flexibility index (Phi) is 10.1. The Bertz CT molecular complexity index is 442. The van der Waals surface area contributed by atoms with Crippen molar-refractivity contribution >= 4 is 34.5 Å². The molecule has 5 heteroatoms. The minimum Gasteiger partial charge on any atom is -0.501 e. The van der Waals surface area contributed by atoms with Crippen molar-refractivity contribution in [3.63, 3.8) is 0 Å². The summed E-state index contributed by atoms with van der Waals surface area (Å²) in [5, 5.41) is 21.4. The van der Waals surface area contributed by atoms with Gasteiger partial charge in [-0.3, -0.25) is 0 Å². The largest absolute Gasteiger partial charge is 0.501 e. The molecular formula is C20H38O3S2. The molecule has 0 saturated carbocycles. The van der Waals surface area contributed by atoms with Gasteiger partial charge in [-0.2, -0.15) is 0 Å². The van der Waals surface area contributed by atoms with Crippen molar-refractivity contribution in [1.82, 2.24) is 0 Å². The SMILES string of the molecule is CCC(C)OC(C(O)=S)(C(C)CC)C(C(O)=S)(C(C)CC)C(C)CC. The molecule has 0 aliphatic heterocycles. The van der Waals surface area contributed by atoms with Crippen LogP contribution >= 0.6 is 24.4 Å². The van der Waals surface area contributed by atoms with Gasteiger partial charge in [-0.1, -0.05) is 67.7 Å². The van der Waals surface area contributed by atoms with Crippen molar-refractivity contribution in [2.24, 2.45) is 23.2 Å². The van der Waals surface area contributed by atoms with Gasteiger partial charge in [-0.05, 0) is 55.5 Å². The van der Waals surface area contributed by atoms with Gasteiger partial charge < -0.3 is 14.9 Å². The predicted octanol–water partition coefficient (Wildman–Crippen LogP) is 6.44. The van der Waals surface area contributed by atoms with Crippen LogP contribution in [-0.2, 0) is 4.74 Å². The summed E-state index contributed by atoms with van der Waals surface area (Å²) < 4.78 is 6.54. The molecule has 0 spiro atoms. The van der Waals surface area contributed by atoms with Gasteiger partial charge in [0.05, 0.1) is 11.5 Å². The first-order valence-electron chi connectivity index (χ1n) is 9.68. The fourth-order valence-corrected chi connectivity index (χ4v) is 5.16. The van der Waals surface area contributed by atoms with E-state index in [0.29, 0.717) is 0 Å². The van der Waals surface area contributed by atoms with Gasteiger partial charge in [-0.15, -0.1) is 0 Å². The topological polar surface area (TPSA) is 49.7 Å². The fraction of sp³-hybridized carbons (Fsp3) is 0.900. The first-order valence-corrected chi connectivity index (χ1v) is 10.5. The average molecular weight is 391 g/mol. The molecule has 0 radical (unpaired) electrons. The van der Waals surface area contributed by atoms with Crippen molar-refractivity contribution in [3.8, 4) is 0 Å². The van der Waals surface area contributed by atoms with Gasteiger partial charge in [0.15, 0.2) is 15.7 Å². The van der Waals surface area contributed by atoms with Gasteiger partial charge in [-0.25, -0.2) is 0 Å². The van der Waals surface area contributed by atoms with Crippen LogP contribution in [0.25, 0.3) is 0 Å². The number of ether oxygens (including phenoxy) is 1. The molecule has 5 unspecified atom stereocenters. The molecule has 0 aromatic heterocycles. The van der Waals surface area contributed by atoms with Gasteiger partial charge in [0.1, 0.15) is 0 Å². The van der Waals surface area contributed by atoms with Crippen molar-refractivity contribution in [1.29, 1.82) is 0 Å². The number of thiocarbonyl (C=S) groups is 2. The molecule has 0 rings (SSSR count). The summed E-state index contributed by atoms with van der Waals surface area (Å²) in [5.74, 6) is -0.0849. The number of aliphatic hydroxyl groups excluding tert-OH is 2. The number of hydrogen-bond acceptors (Lipinski definition) is 3. The summed E-state index contributed by atoms with van der Waals surface area (Å²) >= 11 is 10.8. The molecule has 0 aliphatic carbocycles. The van der Waals surface area contributed by atoms with E-state index in [0.717, 1.165) is 25.7 Å². The van der Waals surface area contributed by atoms with E-state index in [4.69, 9.17) is 29.2 Å². The smallest absolute Gasteiger partial charge is 0.190 e. The highest BCUT2D eigenvalue weighted by molar-refractivity contribution is 7.80. The van der Waals surface area contributed by atoms with E-state index in [-0.39, 0.29) is 34.0 Å². The molecule has 0 aliphatic rings. The molecule has 3 nitrogen and oxygen atoms in total. The lowest BCUT2D eigenvalue weighted by atomic mass is 9.53. The second-order valence-electron chi connectivity index (χ2n) is 7.48. The van der Waals surface area contributed by atoms with Crippen molar-refractivity contribution in [3.05, 3.63) is 0 Å². The maximum Gasteiger partial charge on any atom is 0.190 e. The zero-order valence-electron chi connectivity index (χ0n) is 17.3. The highest BCUT2D eigenvalue weighted by Gasteiger charge is 2.65. The zero-order valence-corrected chi connectivity index (χ0v) is 18.9. The number of rotatable bonds is 12. The maximum absolute atomic E-state index is 10.9. The summed E-state index contributed by atoms with van der Waals surface area (Å²) in [5.41, 5.74) is -2.11. The molecule has 0 aromatic carbocycles. The monoisotopic (exact) mass is 390 g/mol. The molecule has 2 N–H and O–H groups in total. The van der Waals surface area contributed by atoms with Gasteiger partial charge in [0, 0.05) is 0 Å². The minimum absolute atomic E-state index is 0.00288. The lowest BCUT2D eigenvalue weighted by molar-refractivity contribution is -0.167. The Morgan fingerprint density at radius 1 is 0.760 bits per heavy atom. The Morgan fingerprint density at radius 3 is 1.40 bits per heavy atom. The van der Waals surface area contributed by atoms with Crippen LogP contribution in [0, 0.1) is 23.2 Å². The second-order valence-corrected chi connectivity index (χ2v) is 8.25. The first kappa shape index (κ1) is 24.7. The number of hydrogen-bond donors (Lipinski definition) is 2. The Balaban J connectivity index is 7.01. The highest BCUT2D eigenvalue weighted by Crippen LogP contribution is 2.55. The zero-order chi connectivity index (χ0) is 20.0. The average Bonchev–Trinajstić information content (AvgIpc) is 2.58. The lowest BCUT2D eigenvalue weighted by Gasteiger charge is -2.57. The van der Waals surface area contributed by atoms with E-state index in [1.807, 2.05) is 20.8 Å². The fourth-order valence-electron chi connectivity index (χ4n) is 4.19. The predicted molar refractivity (Wildman–Crippen MR) is 115 cm³/mol. The summed E-state index contributed by atoms with van der Waals surface area (Å²) in [6, 6.07) is 0. The van der Waals surface area contributed by atoms with Gasteiger partial charge >= 0.3 is 0 Å². The standard InChI is InChI=1S/C20H38O3S2/c1-9-13(5)19(17(21)24,14(6)10-2)20(18(22)25,15(7)11-3)23-16(8)12-4/h13-16H,9-12H2,1-8H3,(H,21,24)(H,22,25). The van der Waals surface area contributed by atoms with Gasteiger partial charge in [0.2, 0.25) is 0 Å². The molecule has 25 heavy (non-hydrogen) atoms. The quantitative estimate of drug-likeness (QED) is 0.376. The van der Waals surface area contributed by atoms with Crippen LogP contribution in [0.4, 0.5) is 0 Å². The van der Waals surface area contributed by atoms with Crippen LogP contribution in [0.1, 0.15) is 81.1 Å².